The number of hydrogen-bond donors (Lipinski definition) is 2. The van der Waals surface area contributed by atoms with E-state index in [1.54, 1.807) is 6.20 Å². The Labute approximate surface area is 119 Å². The second-order valence-corrected chi connectivity index (χ2v) is 4.46. The van der Waals surface area contributed by atoms with E-state index in [0.29, 0.717) is 5.69 Å². The van der Waals surface area contributed by atoms with Crippen LogP contribution in [-0.2, 0) is 0 Å². The minimum Gasteiger partial charge on any atom is -0.365 e. The fraction of sp³-hybridized carbons (Fsp3) is 0. The number of para-hydroxylation sites is 1. The fourth-order valence-electron chi connectivity index (χ4n) is 2.00. The molecule has 0 unspecified atom stereocenters. The molecule has 0 aliphatic heterocycles. The number of nitrogens with zero attached hydrogens (tertiary/aromatic N) is 2. The van der Waals surface area contributed by atoms with Crippen molar-refractivity contribution in [2.45, 2.75) is 0 Å². The lowest BCUT2D eigenvalue weighted by Crippen LogP contribution is -2.14. The van der Waals surface area contributed by atoms with Gasteiger partial charge in [-0.2, -0.15) is 0 Å². The number of hydrogen-bond acceptors (Lipinski definition) is 4. The third kappa shape index (κ3) is 2.64. The normalized spacial score (nSPS) is 10.5. The Bertz CT molecular complexity index is 835. The van der Waals surface area contributed by atoms with Gasteiger partial charge in [-0.3, -0.25) is 9.78 Å². The highest BCUT2D eigenvalue weighted by Gasteiger charge is 2.11. The maximum absolute atomic E-state index is 13.1. The van der Waals surface area contributed by atoms with Crippen molar-refractivity contribution in [1.82, 2.24) is 9.97 Å². The Morgan fingerprint density at radius 1 is 1.14 bits per heavy atom. The van der Waals surface area contributed by atoms with E-state index in [4.69, 9.17) is 5.73 Å². The number of anilines is 2. The summed E-state index contributed by atoms with van der Waals surface area (Å²) < 4.78 is 13.1. The average molecular weight is 282 g/mol. The summed E-state index contributed by atoms with van der Waals surface area (Å²) in [5.74, 6) is -1.18. The zero-order valence-electron chi connectivity index (χ0n) is 10.9. The lowest BCUT2D eigenvalue weighted by molar-refractivity contribution is 0.100. The summed E-state index contributed by atoms with van der Waals surface area (Å²) in [6.45, 7) is 0. The Balaban J connectivity index is 2.00. The number of primary amides is 1. The molecule has 0 saturated carbocycles. The molecule has 3 N–H and O–H groups in total. The molecule has 0 bridgehead atoms. The highest BCUT2D eigenvalue weighted by atomic mass is 19.1. The Hall–Kier alpha value is -3.02. The number of amides is 1. The molecule has 1 aromatic carbocycles. The molecule has 0 aliphatic rings. The van der Waals surface area contributed by atoms with E-state index in [-0.39, 0.29) is 11.4 Å². The third-order valence-corrected chi connectivity index (χ3v) is 2.97. The molecule has 2 aromatic heterocycles. The van der Waals surface area contributed by atoms with Crippen molar-refractivity contribution in [3.8, 4) is 0 Å². The van der Waals surface area contributed by atoms with Crippen molar-refractivity contribution >= 4 is 28.3 Å². The van der Waals surface area contributed by atoms with Crippen LogP contribution in [-0.4, -0.2) is 15.9 Å². The van der Waals surface area contributed by atoms with Gasteiger partial charge in [-0.15, -0.1) is 0 Å². The number of fused-ring (bicyclic) bond motifs is 1. The zero-order chi connectivity index (χ0) is 14.8. The minimum absolute atomic E-state index is 0.0110. The molecule has 0 spiro atoms. The average Bonchev–Trinajstić information content (AvgIpc) is 2.49. The molecule has 2 heterocycles. The largest absolute Gasteiger partial charge is 0.365 e. The number of benzene rings is 1. The number of carbonyl (C=O) groups is 1. The molecule has 0 saturated heterocycles. The first-order chi connectivity index (χ1) is 10.1. The standard InChI is InChI=1S/C15H11FN4O/c16-10-6-12(14(17)21)15(19-7-10)20-11-5-9-3-1-2-4-13(9)18-8-11/h1-8H,(H2,17,21)(H,19,20). The summed E-state index contributed by atoms with van der Waals surface area (Å²) >= 11 is 0. The zero-order valence-corrected chi connectivity index (χ0v) is 10.9. The van der Waals surface area contributed by atoms with E-state index in [0.717, 1.165) is 23.2 Å². The number of rotatable bonds is 3. The van der Waals surface area contributed by atoms with Gasteiger partial charge in [0.05, 0.1) is 29.2 Å². The molecule has 0 aliphatic carbocycles. The second-order valence-electron chi connectivity index (χ2n) is 4.46. The first kappa shape index (κ1) is 13.0. The van der Waals surface area contributed by atoms with Crippen LogP contribution < -0.4 is 11.1 Å². The van der Waals surface area contributed by atoms with Crippen molar-refractivity contribution in [2.75, 3.05) is 5.32 Å². The Kier molecular flexibility index (Phi) is 3.19. The van der Waals surface area contributed by atoms with Gasteiger partial charge in [0.2, 0.25) is 0 Å². The van der Waals surface area contributed by atoms with Crippen molar-refractivity contribution in [3.63, 3.8) is 0 Å². The van der Waals surface area contributed by atoms with Crippen molar-refractivity contribution in [2.24, 2.45) is 5.73 Å². The summed E-state index contributed by atoms with van der Waals surface area (Å²) in [6.07, 6.45) is 2.63. The molecular formula is C15H11FN4O. The maximum atomic E-state index is 13.1. The Morgan fingerprint density at radius 3 is 2.76 bits per heavy atom. The quantitative estimate of drug-likeness (QED) is 0.773. The van der Waals surface area contributed by atoms with Crippen LogP contribution in [0.15, 0.2) is 48.8 Å². The first-order valence-corrected chi connectivity index (χ1v) is 6.20. The lowest BCUT2D eigenvalue weighted by atomic mass is 10.2. The summed E-state index contributed by atoms with van der Waals surface area (Å²) in [4.78, 5) is 19.5. The number of nitrogens with two attached hydrogens (primary N) is 1. The van der Waals surface area contributed by atoms with Crippen LogP contribution in [0, 0.1) is 5.82 Å². The van der Waals surface area contributed by atoms with Crippen LogP contribution in [0.25, 0.3) is 10.9 Å². The van der Waals surface area contributed by atoms with Crippen molar-refractivity contribution in [3.05, 3.63) is 60.2 Å². The van der Waals surface area contributed by atoms with Crippen LogP contribution in [0.5, 0.6) is 0 Å². The van der Waals surface area contributed by atoms with Gasteiger partial charge in [-0.05, 0) is 18.2 Å². The van der Waals surface area contributed by atoms with Crippen LogP contribution in [0.2, 0.25) is 0 Å². The minimum atomic E-state index is -0.752. The van der Waals surface area contributed by atoms with E-state index in [1.807, 2.05) is 30.3 Å². The van der Waals surface area contributed by atoms with Crippen LogP contribution >= 0.6 is 0 Å². The fourth-order valence-corrected chi connectivity index (χ4v) is 2.00. The maximum Gasteiger partial charge on any atom is 0.252 e. The molecule has 0 fully saturated rings. The second kappa shape index (κ2) is 5.16. The molecule has 104 valence electrons. The lowest BCUT2D eigenvalue weighted by Gasteiger charge is -2.09. The topological polar surface area (TPSA) is 80.9 Å². The number of aromatic nitrogens is 2. The first-order valence-electron chi connectivity index (χ1n) is 6.20. The van der Waals surface area contributed by atoms with E-state index in [9.17, 15) is 9.18 Å². The summed E-state index contributed by atoms with van der Waals surface area (Å²) in [5, 5.41) is 3.87. The van der Waals surface area contributed by atoms with Gasteiger partial charge in [-0.1, -0.05) is 18.2 Å². The smallest absolute Gasteiger partial charge is 0.252 e. The van der Waals surface area contributed by atoms with Crippen molar-refractivity contribution < 1.29 is 9.18 Å². The van der Waals surface area contributed by atoms with E-state index < -0.39 is 11.7 Å². The highest BCUT2D eigenvalue weighted by Crippen LogP contribution is 2.21. The van der Waals surface area contributed by atoms with Crippen molar-refractivity contribution in [1.29, 1.82) is 0 Å². The molecule has 0 radical (unpaired) electrons. The van der Waals surface area contributed by atoms with Gasteiger partial charge in [0, 0.05) is 5.39 Å². The molecule has 5 nitrogen and oxygen atoms in total. The predicted octanol–water partition coefficient (Wildman–Crippen LogP) is 2.61. The van der Waals surface area contributed by atoms with Gasteiger partial charge in [0.15, 0.2) is 0 Å². The third-order valence-electron chi connectivity index (χ3n) is 2.97. The molecule has 3 aromatic rings. The highest BCUT2D eigenvalue weighted by molar-refractivity contribution is 5.98. The molecule has 21 heavy (non-hydrogen) atoms. The van der Waals surface area contributed by atoms with Crippen LogP contribution in [0.1, 0.15) is 10.4 Å². The summed E-state index contributed by atoms with van der Waals surface area (Å²) in [7, 11) is 0. The SMILES string of the molecule is NC(=O)c1cc(F)cnc1Nc1cnc2ccccc2c1. The number of nitrogens with one attached hydrogen (secondary N) is 1. The molecular weight excluding hydrogens is 271 g/mol. The van der Waals surface area contributed by atoms with Crippen LogP contribution in [0.4, 0.5) is 15.9 Å². The van der Waals surface area contributed by atoms with Gasteiger partial charge in [-0.25, -0.2) is 9.37 Å². The van der Waals surface area contributed by atoms with E-state index in [2.05, 4.69) is 15.3 Å². The molecule has 3 rings (SSSR count). The number of halogens is 1. The predicted molar refractivity (Wildman–Crippen MR) is 77.7 cm³/mol. The van der Waals surface area contributed by atoms with E-state index in [1.165, 1.54) is 0 Å². The van der Waals surface area contributed by atoms with E-state index >= 15 is 0 Å². The molecule has 1 amide bonds. The van der Waals surface area contributed by atoms with Gasteiger partial charge in [0.25, 0.3) is 5.91 Å². The number of carbonyl (C=O) groups excluding carboxylic acids is 1. The molecule has 6 heteroatoms. The van der Waals surface area contributed by atoms with Gasteiger partial charge >= 0.3 is 0 Å². The molecule has 0 atom stereocenters. The van der Waals surface area contributed by atoms with Gasteiger partial charge in [0.1, 0.15) is 11.6 Å². The summed E-state index contributed by atoms with van der Waals surface area (Å²) in [5.41, 5.74) is 6.70. The summed E-state index contributed by atoms with van der Waals surface area (Å²) in [6, 6.07) is 10.5. The monoisotopic (exact) mass is 282 g/mol. The van der Waals surface area contributed by atoms with Gasteiger partial charge < -0.3 is 11.1 Å². The number of pyridine rings is 2. The Morgan fingerprint density at radius 2 is 1.95 bits per heavy atom. The van der Waals surface area contributed by atoms with Crippen LogP contribution in [0.3, 0.4) is 0 Å².